The smallest absolute Gasteiger partial charge is 0.203 e. The molecule has 0 fully saturated rings. The normalized spacial score (nSPS) is 11.1. The number of nitrogens with zero attached hydrogens (tertiary/aromatic N) is 2. The number of imidazole rings is 1. The molecule has 3 nitrogen and oxygen atoms in total. The van der Waals surface area contributed by atoms with Crippen molar-refractivity contribution in [2.24, 2.45) is 0 Å². The Bertz CT molecular complexity index is 300. The highest BCUT2D eigenvalue weighted by Crippen LogP contribution is 2.13. The van der Waals surface area contributed by atoms with Crippen LogP contribution in [-0.2, 0) is 6.54 Å². The largest absolute Gasteiger partial charge is 0.353 e. The Morgan fingerprint density at radius 1 is 1.31 bits per heavy atom. The third-order valence-electron chi connectivity index (χ3n) is 2.97. The van der Waals surface area contributed by atoms with Crippen LogP contribution in [0.2, 0.25) is 0 Å². The van der Waals surface area contributed by atoms with Gasteiger partial charge < -0.3 is 9.88 Å². The molecule has 1 N–H and O–H groups in total. The zero-order valence-electron chi connectivity index (χ0n) is 11.1. The lowest BCUT2D eigenvalue weighted by molar-refractivity contribution is 0.613. The van der Waals surface area contributed by atoms with E-state index >= 15 is 0 Å². The van der Waals surface area contributed by atoms with Crippen LogP contribution < -0.4 is 5.32 Å². The molecule has 0 spiro atoms. The van der Waals surface area contributed by atoms with Crippen molar-refractivity contribution in [1.29, 1.82) is 0 Å². The van der Waals surface area contributed by atoms with E-state index in [0.29, 0.717) is 6.04 Å². The number of hydrogen-bond donors (Lipinski definition) is 1. The van der Waals surface area contributed by atoms with Gasteiger partial charge in [0.2, 0.25) is 5.95 Å². The summed E-state index contributed by atoms with van der Waals surface area (Å²) in [6.07, 6.45) is 6.88. The van der Waals surface area contributed by atoms with Crippen molar-refractivity contribution in [2.75, 3.05) is 5.32 Å². The van der Waals surface area contributed by atoms with E-state index in [9.17, 15) is 0 Å². The fourth-order valence-electron chi connectivity index (χ4n) is 1.84. The van der Waals surface area contributed by atoms with Gasteiger partial charge in [0.15, 0.2) is 0 Å². The SMILES string of the molecule is CCCCn1cc(C)nc1NC(CC)CC. The second kappa shape index (κ2) is 6.56. The topological polar surface area (TPSA) is 29.9 Å². The van der Waals surface area contributed by atoms with E-state index in [2.05, 4.69) is 48.8 Å². The summed E-state index contributed by atoms with van der Waals surface area (Å²) in [5.74, 6) is 1.04. The van der Waals surface area contributed by atoms with Crippen LogP contribution in [0.3, 0.4) is 0 Å². The van der Waals surface area contributed by atoms with Gasteiger partial charge in [0.1, 0.15) is 0 Å². The van der Waals surface area contributed by atoms with E-state index in [1.807, 2.05) is 0 Å². The van der Waals surface area contributed by atoms with E-state index < -0.39 is 0 Å². The maximum Gasteiger partial charge on any atom is 0.203 e. The summed E-state index contributed by atoms with van der Waals surface area (Å²) in [6.45, 7) is 9.78. The molecule has 0 unspecified atom stereocenters. The monoisotopic (exact) mass is 223 g/mol. The highest BCUT2D eigenvalue weighted by molar-refractivity contribution is 5.30. The first-order valence-corrected chi connectivity index (χ1v) is 6.51. The van der Waals surface area contributed by atoms with Gasteiger partial charge in [-0.05, 0) is 26.2 Å². The summed E-state index contributed by atoms with van der Waals surface area (Å²) in [5, 5.41) is 3.53. The van der Waals surface area contributed by atoms with Crippen molar-refractivity contribution >= 4 is 5.95 Å². The fourth-order valence-corrected chi connectivity index (χ4v) is 1.84. The number of unbranched alkanes of at least 4 members (excludes halogenated alkanes) is 1. The summed E-state index contributed by atoms with van der Waals surface area (Å²) in [5.41, 5.74) is 1.10. The number of rotatable bonds is 7. The Labute approximate surface area is 99.3 Å². The van der Waals surface area contributed by atoms with Crippen molar-refractivity contribution in [3.8, 4) is 0 Å². The third kappa shape index (κ3) is 3.54. The van der Waals surface area contributed by atoms with Crippen LogP contribution in [0.15, 0.2) is 6.20 Å². The molecule has 0 atom stereocenters. The molecule has 0 aliphatic carbocycles. The average Bonchev–Trinajstić information content (AvgIpc) is 2.63. The van der Waals surface area contributed by atoms with E-state index in [4.69, 9.17) is 0 Å². The van der Waals surface area contributed by atoms with E-state index in [0.717, 1.165) is 31.0 Å². The molecule has 16 heavy (non-hydrogen) atoms. The first-order valence-electron chi connectivity index (χ1n) is 6.51. The zero-order valence-corrected chi connectivity index (χ0v) is 11.1. The summed E-state index contributed by atoms with van der Waals surface area (Å²) in [7, 11) is 0. The highest BCUT2D eigenvalue weighted by atomic mass is 15.2. The summed E-state index contributed by atoms with van der Waals surface area (Å²) < 4.78 is 2.25. The summed E-state index contributed by atoms with van der Waals surface area (Å²) in [6, 6.07) is 0.544. The Morgan fingerprint density at radius 2 is 2.00 bits per heavy atom. The minimum Gasteiger partial charge on any atom is -0.353 e. The van der Waals surface area contributed by atoms with Crippen molar-refractivity contribution in [3.63, 3.8) is 0 Å². The standard InChI is InChI=1S/C13H25N3/c1-5-8-9-16-10-11(4)14-13(16)15-12(6-2)7-3/h10,12H,5-9H2,1-4H3,(H,14,15). The predicted molar refractivity (Wildman–Crippen MR) is 69.9 cm³/mol. The van der Waals surface area contributed by atoms with Gasteiger partial charge >= 0.3 is 0 Å². The molecule has 0 saturated carbocycles. The lowest BCUT2D eigenvalue weighted by Crippen LogP contribution is -2.20. The lowest BCUT2D eigenvalue weighted by atomic mass is 10.2. The van der Waals surface area contributed by atoms with E-state index in [1.54, 1.807) is 0 Å². The van der Waals surface area contributed by atoms with Crippen LogP contribution in [0, 0.1) is 6.92 Å². The highest BCUT2D eigenvalue weighted by Gasteiger charge is 2.09. The fraction of sp³-hybridized carbons (Fsp3) is 0.769. The van der Waals surface area contributed by atoms with Gasteiger partial charge in [-0.3, -0.25) is 0 Å². The van der Waals surface area contributed by atoms with Gasteiger partial charge in [0, 0.05) is 18.8 Å². The van der Waals surface area contributed by atoms with Crippen LogP contribution in [0.1, 0.15) is 52.1 Å². The van der Waals surface area contributed by atoms with Crippen molar-refractivity contribution in [2.45, 2.75) is 66.0 Å². The number of aryl methyl sites for hydroxylation is 2. The third-order valence-corrected chi connectivity index (χ3v) is 2.97. The number of nitrogens with one attached hydrogen (secondary N) is 1. The molecule has 0 aliphatic rings. The van der Waals surface area contributed by atoms with Gasteiger partial charge in [-0.2, -0.15) is 0 Å². The minimum absolute atomic E-state index is 0.544. The van der Waals surface area contributed by atoms with Gasteiger partial charge in [-0.25, -0.2) is 4.98 Å². The molecule has 0 bridgehead atoms. The van der Waals surface area contributed by atoms with Crippen LogP contribution in [0.4, 0.5) is 5.95 Å². The Kier molecular flexibility index (Phi) is 5.36. The first kappa shape index (κ1) is 13.1. The Balaban J connectivity index is 2.69. The van der Waals surface area contributed by atoms with Crippen LogP contribution in [-0.4, -0.2) is 15.6 Å². The molecule has 0 aromatic carbocycles. The molecule has 1 rings (SSSR count). The van der Waals surface area contributed by atoms with Crippen LogP contribution in [0.25, 0.3) is 0 Å². The lowest BCUT2D eigenvalue weighted by Gasteiger charge is -2.16. The maximum atomic E-state index is 4.55. The Morgan fingerprint density at radius 3 is 2.56 bits per heavy atom. The van der Waals surface area contributed by atoms with Gasteiger partial charge in [0.05, 0.1) is 5.69 Å². The molecule has 0 radical (unpaired) electrons. The number of anilines is 1. The van der Waals surface area contributed by atoms with Gasteiger partial charge in [0.25, 0.3) is 0 Å². The van der Waals surface area contributed by atoms with Crippen molar-refractivity contribution < 1.29 is 0 Å². The molecular weight excluding hydrogens is 198 g/mol. The van der Waals surface area contributed by atoms with Gasteiger partial charge in [-0.1, -0.05) is 27.2 Å². The first-order chi connectivity index (χ1) is 7.71. The zero-order chi connectivity index (χ0) is 12.0. The summed E-state index contributed by atoms with van der Waals surface area (Å²) >= 11 is 0. The van der Waals surface area contributed by atoms with Crippen LogP contribution in [0.5, 0.6) is 0 Å². The molecule has 0 amide bonds. The van der Waals surface area contributed by atoms with E-state index in [1.165, 1.54) is 12.8 Å². The van der Waals surface area contributed by atoms with Gasteiger partial charge in [-0.15, -0.1) is 0 Å². The molecule has 0 saturated heterocycles. The molecule has 1 heterocycles. The van der Waals surface area contributed by atoms with Crippen molar-refractivity contribution in [1.82, 2.24) is 9.55 Å². The van der Waals surface area contributed by atoms with E-state index in [-0.39, 0.29) is 0 Å². The molecule has 1 aromatic rings. The molecule has 3 heteroatoms. The average molecular weight is 223 g/mol. The maximum absolute atomic E-state index is 4.55. The molecular formula is C13H25N3. The quantitative estimate of drug-likeness (QED) is 0.765. The minimum atomic E-state index is 0.544. The van der Waals surface area contributed by atoms with Crippen LogP contribution >= 0.6 is 0 Å². The number of aromatic nitrogens is 2. The molecule has 92 valence electrons. The second-order valence-corrected chi connectivity index (χ2v) is 4.41. The molecule has 0 aliphatic heterocycles. The number of hydrogen-bond acceptors (Lipinski definition) is 2. The van der Waals surface area contributed by atoms with Crippen molar-refractivity contribution in [3.05, 3.63) is 11.9 Å². The predicted octanol–water partition coefficient (Wildman–Crippen LogP) is 3.59. The second-order valence-electron chi connectivity index (χ2n) is 4.41. The summed E-state index contributed by atoms with van der Waals surface area (Å²) in [4.78, 5) is 4.55. The molecule has 1 aromatic heterocycles. The Hall–Kier alpha value is -0.990.